The van der Waals surface area contributed by atoms with Crippen LogP contribution in [0.15, 0.2) is 17.0 Å². The fraction of sp³-hybridized carbons (Fsp3) is 0.731. The van der Waals surface area contributed by atoms with E-state index in [-0.39, 0.29) is 12.5 Å². The van der Waals surface area contributed by atoms with Crippen LogP contribution in [-0.4, -0.2) is 115 Å². The van der Waals surface area contributed by atoms with Crippen LogP contribution in [0.3, 0.4) is 0 Å². The van der Waals surface area contributed by atoms with Gasteiger partial charge >= 0.3 is 0 Å². The minimum atomic E-state index is -1.30. The summed E-state index contributed by atoms with van der Waals surface area (Å²) in [6.07, 6.45) is 4.43. The van der Waals surface area contributed by atoms with Crippen molar-refractivity contribution in [1.82, 2.24) is 19.0 Å². The fourth-order valence-electron chi connectivity index (χ4n) is 5.20. The molecule has 0 spiro atoms. The smallest absolute Gasteiger partial charge is 0.248 e. The van der Waals surface area contributed by atoms with Crippen molar-refractivity contribution >= 4 is 16.9 Å². The number of piperazine rings is 1. The Kier molecular flexibility index (Phi) is 10.5. The number of nitrogens with zero attached hydrogens (tertiary/aromatic N) is 4. The SMILES string of the molecule is COc1cc(C)c(S(=O)N(C)CCOCC(=O)N(C)C2CCC(N3CCN(C)CC3)CC2)c(C)c1. The molecule has 1 aromatic rings. The van der Waals surface area contributed by atoms with Gasteiger partial charge in [0.1, 0.15) is 23.3 Å². The zero-order valence-electron chi connectivity index (χ0n) is 22.4. The number of ether oxygens (including phenoxy) is 2. The fourth-order valence-corrected chi connectivity index (χ4v) is 6.42. The van der Waals surface area contributed by atoms with Crippen molar-refractivity contribution < 1.29 is 18.5 Å². The Balaban J connectivity index is 1.37. The molecule has 1 heterocycles. The molecular formula is C26H44N4O4S. The summed E-state index contributed by atoms with van der Waals surface area (Å²) in [6.45, 7) is 9.40. The van der Waals surface area contributed by atoms with E-state index in [0.717, 1.165) is 73.6 Å². The largest absolute Gasteiger partial charge is 0.497 e. The molecule has 2 fully saturated rings. The summed E-state index contributed by atoms with van der Waals surface area (Å²) in [5.41, 5.74) is 1.87. The third-order valence-corrected chi connectivity index (χ3v) is 9.31. The van der Waals surface area contributed by atoms with Crippen molar-refractivity contribution in [2.75, 3.05) is 74.2 Å². The van der Waals surface area contributed by atoms with Crippen LogP contribution in [0.1, 0.15) is 36.8 Å². The number of amides is 1. The van der Waals surface area contributed by atoms with Gasteiger partial charge in [0.15, 0.2) is 0 Å². The second-order valence-corrected chi connectivity index (χ2v) is 11.6. The van der Waals surface area contributed by atoms with E-state index in [1.807, 2.05) is 45.0 Å². The highest BCUT2D eigenvalue weighted by Gasteiger charge is 2.30. The summed E-state index contributed by atoms with van der Waals surface area (Å²) in [7, 11) is 6.24. The molecule has 2 aliphatic rings. The van der Waals surface area contributed by atoms with E-state index in [1.54, 1.807) is 11.4 Å². The van der Waals surface area contributed by atoms with Crippen molar-refractivity contribution in [3.8, 4) is 5.75 Å². The van der Waals surface area contributed by atoms with Gasteiger partial charge in [-0.25, -0.2) is 8.51 Å². The van der Waals surface area contributed by atoms with Crippen LogP contribution in [0.4, 0.5) is 0 Å². The lowest BCUT2D eigenvalue weighted by molar-refractivity contribution is -0.137. The van der Waals surface area contributed by atoms with Gasteiger partial charge in [-0.1, -0.05) is 0 Å². The molecule has 198 valence electrons. The first-order chi connectivity index (χ1) is 16.7. The van der Waals surface area contributed by atoms with E-state index in [0.29, 0.717) is 25.2 Å². The van der Waals surface area contributed by atoms with Crippen LogP contribution in [0.5, 0.6) is 5.75 Å². The maximum absolute atomic E-state index is 13.0. The lowest BCUT2D eigenvalue weighted by Gasteiger charge is -2.42. The first-order valence-corrected chi connectivity index (χ1v) is 13.9. The first kappa shape index (κ1) is 28.1. The van der Waals surface area contributed by atoms with Gasteiger partial charge in [0.05, 0.1) is 18.6 Å². The number of carbonyl (C=O) groups excluding carboxylic acids is 1. The van der Waals surface area contributed by atoms with Gasteiger partial charge in [0.25, 0.3) is 0 Å². The molecule has 3 rings (SSSR count). The van der Waals surface area contributed by atoms with Gasteiger partial charge < -0.3 is 19.3 Å². The summed E-state index contributed by atoms with van der Waals surface area (Å²) in [4.78, 5) is 20.4. The summed E-state index contributed by atoms with van der Waals surface area (Å²) in [5.74, 6) is 0.792. The molecule has 1 aliphatic carbocycles. The second-order valence-electron chi connectivity index (χ2n) is 10.0. The number of benzene rings is 1. The third kappa shape index (κ3) is 7.49. The Bertz CT molecular complexity index is 844. The van der Waals surface area contributed by atoms with Crippen molar-refractivity contribution in [3.63, 3.8) is 0 Å². The molecule has 35 heavy (non-hydrogen) atoms. The average molecular weight is 509 g/mol. The monoisotopic (exact) mass is 508 g/mol. The lowest BCUT2D eigenvalue weighted by atomic mass is 9.89. The lowest BCUT2D eigenvalue weighted by Crippen LogP contribution is -2.51. The molecule has 1 aromatic carbocycles. The predicted octanol–water partition coefficient (Wildman–Crippen LogP) is 2.30. The third-order valence-electron chi connectivity index (χ3n) is 7.56. The zero-order valence-corrected chi connectivity index (χ0v) is 23.2. The quantitative estimate of drug-likeness (QED) is 0.452. The van der Waals surface area contributed by atoms with Crippen LogP contribution in [0.2, 0.25) is 0 Å². The van der Waals surface area contributed by atoms with Crippen molar-refractivity contribution in [1.29, 1.82) is 0 Å². The van der Waals surface area contributed by atoms with E-state index in [2.05, 4.69) is 16.8 Å². The van der Waals surface area contributed by atoms with Crippen molar-refractivity contribution in [2.24, 2.45) is 0 Å². The zero-order chi connectivity index (χ0) is 25.5. The molecule has 1 saturated heterocycles. The Morgan fingerprint density at radius 2 is 1.66 bits per heavy atom. The molecule has 0 radical (unpaired) electrons. The van der Waals surface area contributed by atoms with Crippen LogP contribution in [0.25, 0.3) is 0 Å². The molecule has 1 aliphatic heterocycles. The summed E-state index contributed by atoms with van der Waals surface area (Å²) < 4.78 is 25.8. The van der Waals surface area contributed by atoms with Gasteiger partial charge in [-0.05, 0) is 69.8 Å². The van der Waals surface area contributed by atoms with Crippen LogP contribution >= 0.6 is 0 Å². The average Bonchev–Trinajstić information content (AvgIpc) is 2.85. The molecular weight excluding hydrogens is 464 g/mol. The Labute approximate surface area is 214 Å². The predicted molar refractivity (Wildman–Crippen MR) is 140 cm³/mol. The summed E-state index contributed by atoms with van der Waals surface area (Å²) in [5, 5.41) is 0. The molecule has 1 saturated carbocycles. The Morgan fingerprint density at radius 3 is 2.23 bits per heavy atom. The molecule has 1 atom stereocenters. The minimum absolute atomic E-state index is 0.0265. The number of hydrogen-bond acceptors (Lipinski definition) is 6. The first-order valence-electron chi connectivity index (χ1n) is 12.8. The maximum atomic E-state index is 13.0. The number of hydrogen-bond donors (Lipinski definition) is 0. The molecule has 0 aromatic heterocycles. The van der Waals surface area contributed by atoms with Crippen molar-refractivity contribution in [2.45, 2.75) is 56.5 Å². The maximum Gasteiger partial charge on any atom is 0.248 e. The van der Waals surface area contributed by atoms with E-state index in [4.69, 9.17) is 9.47 Å². The van der Waals surface area contributed by atoms with E-state index in [1.165, 1.54) is 0 Å². The topological polar surface area (TPSA) is 65.6 Å². The number of rotatable bonds is 10. The van der Waals surface area contributed by atoms with Gasteiger partial charge in [-0.15, -0.1) is 0 Å². The number of methoxy groups -OCH3 is 1. The van der Waals surface area contributed by atoms with Gasteiger partial charge in [-0.3, -0.25) is 9.69 Å². The molecule has 1 amide bonds. The van der Waals surface area contributed by atoms with E-state index < -0.39 is 11.0 Å². The number of carbonyl (C=O) groups is 1. The van der Waals surface area contributed by atoms with E-state index in [9.17, 15) is 9.00 Å². The van der Waals surface area contributed by atoms with Crippen LogP contribution in [-0.2, 0) is 20.5 Å². The van der Waals surface area contributed by atoms with Gasteiger partial charge in [0, 0.05) is 58.9 Å². The molecule has 1 unspecified atom stereocenters. The number of likely N-dealkylation sites (N-methyl/N-ethyl adjacent to an activating group) is 3. The molecule has 0 bridgehead atoms. The van der Waals surface area contributed by atoms with E-state index >= 15 is 0 Å². The molecule has 8 nitrogen and oxygen atoms in total. The number of aryl methyl sites for hydroxylation is 2. The summed E-state index contributed by atoms with van der Waals surface area (Å²) in [6, 6.07) is 4.76. The minimum Gasteiger partial charge on any atom is -0.497 e. The highest BCUT2D eigenvalue weighted by molar-refractivity contribution is 7.82. The van der Waals surface area contributed by atoms with Crippen LogP contribution in [0, 0.1) is 13.8 Å². The van der Waals surface area contributed by atoms with Crippen molar-refractivity contribution in [3.05, 3.63) is 23.3 Å². The van der Waals surface area contributed by atoms with Gasteiger partial charge in [-0.2, -0.15) is 0 Å². The Hall–Kier alpha value is -1.52. The second kappa shape index (κ2) is 13.1. The molecule has 9 heteroatoms. The Morgan fingerprint density at radius 1 is 1.06 bits per heavy atom. The highest BCUT2D eigenvalue weighted by atomic mass is 32.2. The standard InChI is InChI=1S/C26H44N4O4S/c1-20-17-24(33-6)18-21(2)26(20)35(32)28(4)15-16-34-19-25(31)29(5)22-7-9-23(10-8-22)30-13-11-27(3)12-14-30/h17-18,22-23H,7-16,19H2,1-6H3. The van der Waals surface area contributed by atoms with Gasteiger partial charge in [0.2, 0.25) is 5.91 Å². The highest BCUT2D eigenvalue weighted by Crippen LogP contribution is 2.27. The normalized spacial score (nSPS) is 22.8. The molecule has 0 N–H and O–H groups in total. The van der Waals surface area contributed by atoms with Crippen LogP contribution < -0.4 is 4.74 Å². The summed E-state index contributed by atoms with van der Waals surface area (Å²) >= 11 is 0.